The van der Waals surface area contributed by atoms with Crippen molar-refractivity contribution in [3.8, 4) is 11.1 Å². The highest BCUT2D eigenvalue weighted by Crippen LogP contribution is 2.44. The van der Waals surface area contributed by atoms with Crippen molar-refractivity contribution in [2.45, 2.75) is 25.3 Å². The zero-order chi connectivity index (χ0) is 12.6. The van der Waals surface area contributed by atoms with Gasteiger partial charge in [0.2, 0.25) is 0 Å². The van der Waals surface area contributed by atoms with E-state index in [-0.39, 0.29) is 12.1 Å². The summed E-state index contributed by atoms with van der Waals surface area (Å²) in [5, 5.41) is 12.7. The van der Waals surface area contributed by atoms with Gasteiger partial charge in [-0.2, -0.15) is 0 Å². The SMILES string of the molecule is C[C@]1(CCCO)Nc2ccccc2-c2cc[nH]c21. The van der Waals surface area contributed by atoms with E-state index in [0.717, 1.165) is 12.8 Å². The first kappa shape index (κ1) is 11.4. The van der Waals surface area contributed by atoms with E-state index in [1.807, 2.05) is 6.20 Å². The molecule has 0 bridgehead atoms. The van der Waals surface area contributed by atoms with Crippen LogP contribution in [0.15, 0.2) is 36.5 Å². The minimum atomic E-state index is -0.129. The Bertz CT molecular complexity index is 561. The predicted molar refractivity (Wildman–Crippen MR) is 73.5 cm³/mol. The highest BCUT2D eigenvalue weighted by molar-refractivity contribution is 5.84. The van der Waals surface area contributed by atoms with Gasteiger partial charge in [0.15, 0.2) is 0 Å². The van der Waals surface area contributed by atoms with Gasteiger partial charge in [-0.05, 0) is 31.9 Å². The van der Waals surface area contributed by atoms with Gasteiger partial charge in [-0.25, -0.2) is 0 Å². The van der Waals surface area contributed by atoms with Crippen molar-refractivity contribution < 1.29 is 5.11 Å². The van der Waals surface area contributed by atoms with Crippen LogP contribution in [0.3, 0.4) is 0 Å². The van der Waals surface area contributed by atoms with Crippen LogP contribution >= 0.6 is 0 Å². The summed E-state index contributed by atoms with van der Waals surface area (Å²) in [4.78, 5) is 3.35. The molecule has 2 heterocycles. The molecule has 0 saturated heterocycles. The van der Waals surface area contributed by atoms with Crippen LogP contribution < -0.4 is 5.32 Å². The molecule has 1 aliphatic rings. The summed E-state index contributed by atoms with van der Waals surface area (Å²) in [5.74, 6) is 0. The number of nitrogens with one attached hydrogen (secondary N) is 2. The number of hydrogen-bond donors (Lipinski definition) is 3. The van der Waals surface area contributed by atoms with Crippen LogP contribution in [0, 0.1) is 0 Å². The Labute approximate surface area is 107 Å². The van der Waals surface area contributed by atoms with Crippen molar-refractivity contribution in [3.63, 3.8) is 0 Å². The minimum Gasteiger partial charge on any atom is -0.396 e. The molecule has 1 aromatic heterocycles. The van der Waals surface area contributed by atoms with Crippen molar-refractivity contribution in [3.05, 3.63) is 42.2 Å². The predicted octanol–water partition coefficient (Wildman–Crippen LogP) is 3.09. The first-order chi connectivity index (χ1) is 8.74. The molecule has 0 aliphatic carbocycles. The van der Waals surface area contributed by atoms with Crippen molar-refractivity contribution in [2.75, 3.05) is 11.9 Å². The maximum atomic E-state index is 9.07. The van der Waals surface area contributed by atoms with Gasteiger partial charge in [0.05, 0.1) is 5.54 Å². The van der Waals surface area contributed by atoms with Crippen molar-refractivity contribution in [2.24, 2.45) is 0 Å². The number of fused-ring (bicyclic) bond motifs is 3. The van der Waals surface area contributed by atoms with Gasteiger partial charge in [0.1, 0.15) is 0 Å². The Morgan fingerprint density at radius 3 is 2.83 bits per heavy atom. The Balaban J connectivity index is 2.09. The average Bonchev–Trinajstić information content (AvgIpc) is 2.87. The van der Waals surface area contributed by atoms with Crippen LogP contribution in [-0.2, 0) is 5.54 Å². The van der Waals surface area contributed by atoms with E-state index >= 15 is 0 Å². The Morgan fingerprint density at radius 1 is 1.17 bits per heavy atom. The van der Waals surface area contributed by atoms with E-state index in [2.05, 4.69) is 47.6 Å². The maximum absolute atomic E-state index is 9.07. The third-order valence-corrected chi connectivity index (χ3v) is 3.76. The van der Waals surface area contributed by atoms with Crippen LogP contribution in [0.1, 0.15) is 25.5 Å². The van der Waals surface area contributed by atoms with Crippen molar-refractivity contribution >= 4 is 5.69 Å². The summed E-state index contributed by atoms with van der Waals surface area (Å²) in [6, 6.07) is 10.5. The fourth-order valence-electron chi connectivity index (χ4n) is 2.86. The van der Waals surface area contributed by atoms with E-state index in [0.29, 0.717) is 0 Å². The summed E-state index contributed by atoms with van der Waals surface area (Å²) < 4.78 is 0. The third-order valence-electron chi connectivity index (χ3n) is 3.76. The molecule has 3 rings (SSSR count). The number of rotatable bonds is 3. The van der Waals surface area contributed by atoms with Gasteiger partial charge in [0, 0.05) is 35.3 Å². The summed E-state index contributed by atoms with van der Waals surface area (Å²) in [7, 11) is 0. The van der Waals surface area contributed by atoms with Gasteiger partial charge in [-0.1, -0.05) is 18.2 Å². The lowest BCUT2D eigenvalue weighted by atomic mass is 9.83. The molecule has 0 radical (unpaired) electrons. The molecule has 1 aromatic carbocycles. The fraction of sp³-hybridized carbons (Fsp3) is 0.333. The Kier molecular flexibility index (Phi) is 2.63. The highest BCUT2D eigenvalue weighted by Gasteiger charge is 2.34. The smallest absolute Gasteiger partial charge is 0.0752 e. The van der Waals surface area contributed by atoms with Gasteiger partial charge < -0.3 is 15.4 Å². The van der Waals surface area contributed by atoms with Gasteiger partial charge in [0.25, 0.3) is 0 Å². The van der Waals surface area contributed by atoms with E-state index in [4.69, 9.17) is 5.11 Å². The number of para-hydroxylation sites is 1. The Morgan fingerprint density at radius 2 is 2.00 bits per heavy atom. The molecule has 0 saturated carbocycles. The van der Waals surface area contributed by atoms with Crippen LogP contribution in [0.5, 0.6) is 0 Å². The lowest BCUT2D eigenvalue weighted by molar-refractivity contribution is 0.269. The van der Waals surface area contributed by atoms with E-state index in [1.54, 1.807) is 0 Å². The van der Waals surface area contributed by atoms with Crippen molar-refractivity contribution in [1.29, 1.82) is 0 Å². The molecule has 18 heavy (non-hydrogen) atoms. The molecule has 3 nitrogen and oxygen atoms in total. The molecule has 3 heteroatoms. The minimum absolute atomic E-state index is 0.129. The first-order valence-corrected chi connectivity index (χ1v) is 6.41. The van der Waals surface area contributed by atoms with Gasteiger partial charge >= 0.3 is 0 Å². The lowest BCUT2D eigenvalue weighted by Gasteiger charge is -2.37. The molecule has 94 valence electrons. The maximum Gasteiger partial charge on any atom is 0.0752 e. The molecule has 3 N–H and O–H groups in total. The zero-order valence-electron chi connectivity index (χ0n) is 10.5. The second-order valence-electron chi connectivity index (χ2n) is 5.10. The summed E-state index contributed by atoms with van der Waals surface area (Å²) >= 11 is 0. The van der Waals surface area contributed by atoms with Gasteiger partial charge in [-0.3, -0.25) is 0 Å². The van der Waals surface area contributed by atoms with Crippen molar-refractivity contribution in [1.82, 2.24) is 4.98 Å². The molecular formula is C15H18N2O. The highest BCUT2D eigenvalue weighted by atomic mass is 16.2. The lowest BCUT2D eigenvalue weighted by Crippen LogP contribution is -2.35. The van der Waals surface area contributed by atoms with Crippen LogP contribution in [0.4, 0.5) is 5.69 Å². The van der Waals surface area contributed by atoms with Gasteiger partial charge in [-0.15, -0.1) is 0 Å². The molecule has 0 fully saturated rings. The van der Waals surface area contributed by atoms with Crippen LogP contribution in [0.2, 0.25) is 0 Å². The second kappa shape index (κ2) is 4.18. The first-order valence-electron chi connectivity index (χ1n) is 6.41. The number of aromatic nitrogens is 1. The average molecular weight is 242 g/mol. The zero-order valence-corrected chi connectivity index (χ0v) is 10.5. The quantitative estimate of drug-likeness (QED) is 0.774. The standard InChI is InChI=1S/C15H18N2O/c1-15(8-4-10-18)14-12(7-9-16-14)11-5-2-3-6-13(11)17-15/h2-3,5-7,9,16-18H,4,8,10H2,1H3/t15-/m1/s1. The van der Waals surface area contributed by atoms with Crippen LogP contribution in [0.25, 0.3) is 11.1 Å². The number of benzene rings is 1. The number of aromatic amines is 1. The summed E-state index contributed by atoms with van der Waals surface area (Å²) in [5.41, 5.74) is 4.77. The number of H-pyrrole nitrogens is 1. The summed E-state index contributed by atoms with van der Waals surface area (Å²) in [6.07, 6.45) is 3.70. The number of aliphatic hydroxyl groups excluding tert-OH is 1. The molecular weight excluding hydrogens is 224 g/mol. The number of hydrogen-bond acceptors (Lipinski definition) is 2. The van der Waals surface area contributed by atoms with E-state index in [1.165, 1.54) is 22.5 Å². The largest absolute Gasteiger partial charge is 0.396 e. The Hall–Kier alpha value is -1.74. The van der Waals surface area contributed by atoms with E-state index < -0.39 is 0 Å². The molecule has 0 unspecified atom stereocenters. The normalized spacial score (nSPS) is 21.0. The molecule has 1 atom stereocenters. The topological polar surface area (TPSA) is 48.0 Å². The summed E-state index contributed by atoms with van der Waals surface area (Å²) in [6.45, 7) is 2.42. The number of aliphatic hydroxyl groups is 1. The molecule has 0 amide bonds. The third kappa shape index (κ3) is 1.63. The van der Waals surface area contributed by atoms with E-state index in [9.17, 15) is 0 Å². The molecule has 1 aliphatic heterocycles. The van der Waals surface area contributed by atoms with Crippen LogP contribution in [-0.4, -0.2) is 16.7 Å². The number of anilines is 1. The molecule has 2 aromatic rings. The monoisotopic (exact) mass is 242 g/mol. The fourth-order valence-corrected chi connectivity index (χ4v) is 2.86. The molecule has 0 spiro atoms. The second-order valence-corrected chi connectivity index (χ2v) is 5.10.